The fourth-order valence-electron chi connectivity index (χ4n) is 1.66. The minimum atomic E-state index is -0.272. The number of benzene rings is 1. The van der Waals surface area contributed by atoms with Crippen molar-refractivity contribution in [1.82, 2.24) is 5.32 Å². The molecule has 0 saturated carbocycles. The minimum Gasteiger partial charge on any atom is -0.460 e. The molecule has 18 heavy (non-hydrogen) atoms. The Hall–Kier alpha value is -1.65. The molecule has 0 fully saturated rings. The molecular weight excluding hydrogens is 233 g/mol. The molecule has 0 atom stereocenters. The first kappa shape index (κ1) is 12.8. The molecule has 96 valence electrons. The van der Waals surface area contributed by atoms with Crippen LogP contribution in [0.1, 0.15) is 5.76 Å². The maximum atomic E-state index is 13.5. The third-order valence-corrected chi connectivity index (χ3v) is 2.58. The Kier molecular flexibility index (Phi) is 4.50. The molecule has 1 aromatic carbocycles. The Morgan fingerprint density at radius 1 is 1.22 bits per heavy atom. The van der Waals surface area contributed by atoms with Gasteiger partial charge in [-0.1, -0.05) is 12.1 Å². The fraction of sp³-hybridized carbons (Fsp3) is 0.286. The van der Waals surface area contributed by atoms with Crippen LogP contribution in [0.5, 0.6) is 0 Å². The van der Waals surface area contributed by atoms with Gasteiger partial charge in [-0.2, -0.15) is 0 Å². The molecule has 0 amide bonds. The van der Waals surface area contributed by atoms with E-state index in [-0.39, 0.29) is 5.82 Å². The van der Waals surface area contributed by atoms with Crippen molar-refractivity contribution in [3.05, 3.63) is 48.0 Å². The number of rotatable bonds is 6. The van der Waals surface area contributed by atoms with Crippen molar-refractivity contribution < 1.29 is 13.5 Å². The van der Waals surface area contributed by atoms with Crippen LogP contribution >= 0.6 is 0 Å². The molecule has 0 bridgehead atoms. The van der Waals surface area contributed by atoms with Gasteiger partial charge in [0.25, 0.3) is 0 Å². The van der Waals surface area contributed by atoms with Crippen molar-refractivity contribution in [3.8, 4) is 11.3 Å². The predicted molar refractivity (Wildman–Crippen MR) is 67.7 cm³/mol. The first-order valence-corrected chi connectivity index (χ1v) is 5.84. The SMILES string of the molecule is COCCNCc1ccc(-c2ccccc2F)o1. The lowest BCUT2D eigenvalue weighted by Crippen LogP contribution is -2.18. The molecule has 2 aromatic rings. The summed E-state index contributed by atoms with van der Waals surface area (Å²) < 4.78 is 24.1. The largest absolute Gasteiger partial charge is 0.460 e. The average molecular weight is 249 g/mol. The van der Waals surface area contributed by atoms with Crippen LogP contribution in [-0.2, 0) is 11.3 Å². The Labute approximate surface area is 106 Å². The van der Waals surface area contributed by atoms with Gasteiger partial charge in [0.2, 0.25) is 0 Å². The molecule has 0 aliphatic heterocycles. The third-order valence-electron chi connectivity index (χ3n) is 2.58. The number of hydrogen-bond donors (Lipinski definition) is 1. The van der Waals surface area contributed by atoms with E-state index >= 15 is 0 Å². The zero-order valence-electron chi connectivity index (χ0n) is 10.3. The van der Waals surface area contributed by atoms with Gasteiger partial charge in [0.05, 0.1) is 18.7 Å². The lowest BCUT2D eigenvalue weighted by Gasteiger charge is -2.01. The van der Waals surface area contributed by atoms with Crippen molar-refractivity contribution in [2.45, 2.75) is 6.54 Å². The molecule has 4 heteroatoms. The summed E-state index contributed by atoms with van der Waals surface area (Å²) in [5.74, 6) is 1.06. The van der Waals surface area contributed by atoms with E-state index in [2.05, 4.69) is 5.32 Å². The van der Waals surface area contributed by atoms with E-state index in [1.54, 1.807) is 31.4 Å². The summed E-state index contributed by atoms with van der Waals surface area (Å²) in [6.45, 7) is 2.02. The summed E-state index contributed by atoms with van der Waals surface area (Å²) >= 11 is 0. The van der Waals surface area contributed by atoms with Gasteiger partial charge in [-0.3, -0.25) is 0 Å². The standard InChI is InChI=1S/C14H16FNO2/c1-17-9-8-16-10-11-6-7-14(18-11)12-4-2-3-5-13(12)15/h2-7,16H,8-10H2,1H3. The van der Waals surface area contributed by atoms with Crippen LogP contribution in [0, 0.1) is 5.82 Å². The zero-order valence-corrected chi connectivity index (χ0v) is 10.3. The van der Waals surface area contributed by atoms with Crippen LogP contribution in [0.2, 0.25) is 0 Å². The van der Waals surface area contributed by atoms with Gasteiger partial charge in [0, 0.05) is 13.7 Å². The van der Waals surface area contributed by atoms with Crippen molar-refractivity contribution >= 4 is 0 Å². The molecule has 0 radical (unpaired) electrons. The number of ether oxygens (including phenoxy) is 1. The van der Waals surface area contributed by atoms with E-state index in [4.69, 9.17) is 9.15 Å². The van der Waals surface area contributed by atoms with Crippen molar-refractivity contribution in [2.75, 3.05) is 20.3 Å². The molecule has 2 rings (SSSR count). The van der Waals surface area contributed by atoms with Crippen molar-refractivity contribution in [2.24, 2.45) is 0 Å². The third kappa shape index (κ3) is 3.18. The number of nitrogens with one attached hydrogen (secondary N) is 1. The normalized spacial score (nSPS) is 10.8. The summed E-state index contributed by atoms with van der Waals surface area (Å²) in [6.07, 6.45) is 0. The molecule has 1 aromatic heterocycles. The quantitative estimate of drug-likeness (QED) is 0.799. The summed E-state index contributed by atoms with van der Waals surface area (Å²) in [7, 11) is 1.66. The number of halogens is 1. The van der Waals surface area contributed by atoms with Crippen LogP contribution in [0.15, 0.2) is 40.8 Å². The first-order valence-electron chi connectivity index (χ1n) is 5.84. The Bertz CT molecular complexity index is 496. The molecule has 0 aliphatic rings. The van der Waals surface area contributed by atoms with Crippen LogP contribution < -0.4 is 5.32 Å². The highest BCUT2D eigenvalue weighted by Crippen LogP contribution is 2.24. The Morgan fingerprint density at radius 2 is 2.06 bits per heavy atom. The second-order valence-electron chi connectivity index (χ2n) is 3.92. The molecule has 0 saturated heterocycles. The average Bonchev–Trinajstić information content (AvgIpc) is 2.84. The second-order valence-corrected chi connectivity index (χ2v) is 3.92. The summed E-state index contributed by atoms with van der Waals surface area (Å²) in [6, 6.07) is 10.2. The van der Waals surface area contributed by atoms with Gasteiger partial charge < -0.3 is 14.5 Å². The number of methoxy groups -OCH3 is 1. The fourth-order valence-corrected chi connectivity index (χ4v) is 1.66. The van der Waals surface area contributed by atoms with E-state index in [9.17, 15) is 4.39 Å². The topological polar surface area (TPSA) is 34.4 Å². The van der Waals surface area contributed by atoms with Crippen LogP contribution in [0.3, 0.4) is 0 Å². The van der Waals surface area contributed by atoms with E-state index in [0.717, 1.165) is 12.3 Å². The molecule has 1 heterocycles. The lowest BCUT2D eigenvalue weighted by atomic mass is 10.1. The van der Waals surface area contributed by atoms with E-state index in [1.807, 2.05) is 6.07 Å². The van der Waals surface area contributed by atoms with Gasteiger partial charge >= 0.3 is 0 Å². The highest BCUT2D eigenvalue weighted by Gasteiger charge is 2.08. The number of furan rings is 1. The van der Waals surface area contributed by atoms with E-state index in [0.29, 0.717) is 24.5 Å². The molecule has 0 spiro atoms. The van der Waals surface area contributed by atoms with Gasteiger partial charge in [-0.25, -0.2) is 4.39 Å². The molecule has 1 N–H and O–H groups in total. The Balaban J connectivity index is 2.00. The predicted octanol–water partition coefficient (Wildman–Crippen LogP) is 2.82. The smallest absolute Gasteiger partial charge is 0.137 e. The Morgan fingerprint density at radius 3 is 2.83 bits per heavy atom. The lowest BCUT2D eigenvalue weighted by molar-refractivity contribution is 0.198. The monoisotopic (exact) mass is 249 g/mol. The van der Waals surface area contributed by atoms with Gasteiger partial charge in [0.15, 0.2) is 0 Å². The highest BCUT2D eigenvalue weighted by molar-refractivity contribution is 5.58. The molecule has 0 unspecified atom stereocenters. The van der Waals surface area contributed by atoms with Gasteiger partial charge in [0.1, 0.15) is 17.3 Å². The van der Waals surface area contributed by atoms with E-state index < -0.39 is 0 Å². The van der Waals surface area contributed by atoms with Crippen molar-refractivity contribution in [1.29, 1.82) is 0 Å². The van der Waals surface area contributed by atoms with E-state index in [1.165, 1.54) is 6.07 Å². The summed E-state index contributed by atoms with van der Waals surface area (Å²) in [5, 5.41) is 3.17. The minimum absolute atomic E-state index is 0.272. The summed E-state index contributed by atoms with van der Waals surface area (Å²) in [5.41, 5.74) is 0.487. The molecule has 3 nitrogen and oxygen atoms in total. The van der Waals surface area contributed by atoms with Crippen LogP contribution in [0.4, 0.5) is 4.39 Å². The number of hydrogen-bond acceptors (Lipinski definition) is 3. The maximum Gasteiger partial charge on any atom is 0.137 e. The molecule has 0 aliphatic carbocycles. The zero-order chi connectivity index (χ0) is 12.8. The van der Waals surface area contributed by atoms with Crippen LogP contribution in [-0.4, -0.2) is 20.3 Å². The second kappa shape index (κ2) is 6.33. The summed E-state index contributed by atoms with van der Waals surface area (Å²) in [4.78, 5) is 0. The van der Waals surface area contributed by atoms with Crippen LogP contribution in [0.25, 0.3) is 11.3 Å². The van der Waals surface area contributed by atoms with Gasteiger partial charge in [-0.05, 0) is 24.3 Å². The molecular formula is C14H16FNO2. The highest BCUT2D eigenvalue weighted by atomic mass is 19.1. The first-order chi connectivity index (χ1) is 8.81. The van der Waals surface area contributed by atoms with Gasteiger partial charge in [-0.15, -0.1) is 0 Å². The van der Waals surface area contributed by atoms with Crippen molar-refractivity contribution in [3.63, 3.8) is 0 Å². The maximum absolute atomic E-state index is 13.5.